The summed E-state index contributed by atoms with van der Waals surface area (Å²) in [4.78, 5) is 22.9. The maximum atomic E-state index is 13.5. The molecule has 3 heterocycles. The van der Waals surface area contributed by atoms with E-state index >= 15 is 0 Å². The molecule has 1 fully saturated rings. The number of benzene rings is 2. The third-order valence-electron chi connectivity index (χ3n) is 9.27. The van der Waals surface area contributed by atoms with Gasteiger partial charge in [-0.25, -0.2) is 22.4 Å². The molecule has 5 rings (SSSR count). The predicted octanol–water partition coefficient (Wildman–Crippen LogP) is 6.83. The Morgan fingerprint density at radius 2 is 1.82 bits per heavy atom. The Hall–Kier alpha value is -3.45. The lowest BCUT2D eigenvalue weighted by atomic mass is 9.84. The minimum atomic E-state index is -3.85. The average Bonchev–Trinajstić information content (AvgIpc) is 3.42. The number of nitrogens with zero attached hydrogens (tertiary/aromatic N) is 5. The van der Waals surface area contributed by atoms with Crippen molar-refractivity contribution in [3.05, 3.63) is 94.1 Å². The van der Waals surface area contributed by atoms with Gasteiger partial charge in [-0.2, -0.15) is 0 Å². The molecule has 4 aromatic rings. The van der Waals surface area contributed by atoms with E-state index in [0.717, 1.165) is 29.8 Å². The first-order valence-corrected chi connectivity index (χ1v) is 19.3. The van der Waals surface area contributed by atoms with Crippen molar-refractivity contribution < 1.29 is 17.8 Å². The van der Waals surface area contributed by atoms with Crippen LogP contribution in [0.25, 0.3) is 11.0 Å². The zero-order chi connectivity index (χ0) is 31.9. The van der Waals surface area contributed by atoms with Crippen LogP contribution in [0.3, 0.4) is 0 Å². The molecule has 0 radical (unpaired) electrons. The quantitative estimate of drug-likeness (QED) is 0.112. The third-order valence-corrected chi connectivity index (χ3v) is 15.5. The van der Waals surface area contributed by atoms with Crippen LogP contribution in [0.4, 0.5) is 5.69 Å². The molecule has 0 amide bonds. The van der Waals surface area contributed by atoms with Gasteiger partial charge in [-0.1, -0.05) is 50.6 Å². The molecule has 1 aliphatic rings. The number of piperidine rings is 1. The summed E-state index contributed by atoms with van der Waals surface area (Å²) in [5.41, 5.74) is 3.04. The fourth-order valence-electron chi connectivity index (χ4n) is 5.65. The van der Waals surface area contributed by atoms with Crippen molar-refractivity contribution >= 4 is 35.1 Å². The van der Waals surface area contributed by atoms with Gasteiger partial charge in [0.25, 0.3) is 15.7 Å². The molecule has 0 saturated carbocycles. The van der Waals surface area contributed by atoms with E-state index in [9.17, 15) is 18.5 Å². The van der Waals surface area contributed by atoms with E-state index in [-0.39, 0.29) is 32.5 Å². The van der Waals surface area contributed by atoms with Crippen LogP contribution in [0.15, 0.2) is 72.0 Å². The Morgan fingerprint density at radius 1 is 1.09 bits per heavy atom. The van der Waals surface area contributed by atoms with Gasteiger partial charge >= 0.3 is 0 Å². The van der Waals surface area contributed by atoms with Gasteiger partial charge in [-0.3, -0.25) is 15.0 Å². The fourth-order valence-corrected chi connectivity index (χ4v) is 7.98. The average molecular weight is 636 g/mol. The normalized spacial score (nSPS) is 18.5. The summed E-state index contributed by atoms with van der Waals surface area (Å²) in [6.07, 6.45) is 4.45. The van der Waals surface area contributed by atoms with Crippen molar-refractivity contribution in [2.75, 3.05) is 19.7 Å². The third kappa shape index (κ3) is 6.34. The van der Waals surface area contributed by atoms with Crippen molar-refractivity contribution in [2.45, 2.75) is 75.5 Å². The fraction of sp³-hybridized carbons (Fsp3) is 0.438. The van der Waals surface area contributed by atoms with Crippen molar-refractivity contribution in [1.82, 2.24) is 18.8 Å². The van der Waals surface area contributed by atoms with Gasteiger partial charge in [-0.05, 0) is 68.2 Å². The number of rotatable bonds is 9. The smallest absolute Gasteiger partial charge is 0.269 e. The number of aryl methyl sites for hydroxylation is 1. The van der Waals surface area contributed by atoms with Crippen LogP contribution in [0, 0.1) is 17.0 Å². The van der Waals surface area contributed by atoms with Gasteiger partial charge in [0.15, 0.2) is 14.0 Å². The van der Waals surface area contributed by atoms with Gasteiger partial charge in [0.05, 0.1) is 15.5 Å². The number of hydrogen-bond donors (Lipinski definition) is 0. The van der Waals surface area contributed by atoms with Gasteiger partial charge in [0, 0.05) is 48.8 Å². The monoisotopic (exact) mass is 635 g/mol. The Bertz CT molecular complexity index is 1770. The number of fused-ring (bicyclic) bond motifs is 1. The van der Waals surface area contributed by atoms with Crippen LogP contribution in [0.1, 0.15) is 62.4 Å². The summed E-state index contributed by atoms with van der Waals surface area (Å²) < 4.78 is 34.8. The van der Waals surface area contributed by atoms with E-state index in [2.05, 4.69) is 48.7 Å². The van der Waals surface area contributed by atoms with Gasteiger partial charge in [0.2, 0.25) is 0 Å². The molecule has 44 heavy (non-hydrogen) atoms. The van der Waals surface area contributed by atoms with Crippen molar-refractivity contribution in [3.8, 4) is 0 Å². The Kier molecular flexibility index (Phi) is 8.82. The molecular formula is C32H41N5O5SSi. The summed E-state index contributed by atoms with van der Waals surface area (Å²) in [5, 5.41) is 12.4. The first-order chi connectivity index (χ1) is 20.7. The number of nitro groups is 1. The molecule has 0 N–H and O–H groups in total. The van der Waals surface area contributed by atoms with Gasteiger partial charge in [0.1, 0.15) is 6.33 Å². The van der Waals surface area contributed by atoms with Gasteiger partial charge in [-0.15, -0.1) is 0 Å². The first-order valence-electron chi connectivity index (χ1n) is 15.0. The molecule has 2 aromatic carbocycles. The van der Waals surface area contributed by atoms with Crippen molar-refractivity contribution in [1.29, 1.82) is 0 Å². The minimum Gasteiger partial charge on any atom is -0.416 e. The zero-order valence-electron chi connectivity index (χ0n) is 26.2. The molecule has 1 saturated heterocycles. The van der Waals surface area contributed by atoms with E-state index in [1.165, 1.54) is 16.4 Å². The molecule has 0 spiro atoms. The van der Waals surface area contributed by atoms with Crippen LogP contribution in [0.5, 0.6) is 0 Å². The van der Waals surface area contributed by atoms with Crippen LogP contribution in [-0.4, -0.2) is 60.2 Å². The van der Waals surface area contributed by atoms with Crippen LogP contribution in [0.2, 0.25) is 18.1 Å². The molecule has 234 valence electrons. The van der Waals surface area contributed by atoms with E-state index < -0.39 is 18.3 Å². The first kappa shape index (κ1) is 32.0. The van der Waals surface area contributed by atoms with Crippen LogP contribution >= 0.6 is 0 Å². The second-order valence-electron chi connectivity index (χ2n) is 13.2. The second-order valence-corrected chi connectivity index (χ2v) is 19.8. The highest BCUT2D eigenvalue weighted by atomic mass is 32.2. The molecule has 2 aromatic heterocycles. The molecule has 1 aliphatic heterocycles. The number of aromatic nitrogens is 3. The summed E-state index contributed by atoms with van der Waals surface area (Å²) in [6.45, 7) is 15.1. The second kappa shape index (κ2) is 12.1. The number of likely N-dealkylation sites (tertiary alicyclic amines) is 1. The maximum absolute atomic E-state index is 13.5. The predicted molar refractivity (Wildman–Crippen MR) is 174 cm³/mol. The zero-order valence-corrected chi connectivity index (χ0v) is 28.0. The Morgan fingerprint density at radius 3 is 2.50 bits per heavy atom. The standard InChI is InChI=1S/C32H41N5O5SSi/c1-23-10-12-27(13-11-23)43(40,41)36-17-15-28-30(33-22-34-31(28)36)25-14-16-35(18-19-42-44(5,6)32(2,3)4)29(21-25)24-8-7-9-26(20-24)37(38)39/h7-13,15,17,20,22,25,29H,14,16,18-19,21H2,1-6H3. The highest BCUT2D eigenvalue weighted by Crippen LogP contribution is 2.42. The molecule has 12 heteroatoms. The van der Waals surface area contributed by atoms with E-state index in [4.69, 9.17) is 4.43 Å². The lowest BCUT2D eigenvalue weighted by Crippen LogP contribution is -2.44. The van der Waals surface area contributed by atoms with Crippen LogP contribution < -0.4 is 0 Å². The summed E-state index contributed by atoms with van der Waals surface area (Å²) in [7, 11) is -5.79. The summed E-state index contributed by atoms with van der Waals surface area (Å²) >= 11 is 0. The topological polar surface area (TPSA) is 120 Å². The Labute approximate surface area is 260 Å². The number of nitro benzene ring substituents is 1. The van der Waals surface area contributed by atoms with E-state index in [1.807, 2.05) is 13.0 Å². The highest BCUT2D eigenvalue weighted by Gasteiger charge is 2.38. The van der Waals surface area contributed by atoms with E-state index in [0.29, 0.717) is 30.6 Å². The molecule has 2 unspecified atom stereocenters. The summed E-state index contributed by atoms with van der Waals surface area (Å²) in [6, 6.07) is 15.3. The molecule has 0 bridgehead atoms. The van der Waals surface area contributed by atoms with E-state index in [1.54, 1.807) is 48.7 Å². The lowest BCUT2D eigenvalue weighted by molar-refractivity contribution is -0.385. The van der Waals surface area contributed by atoms with Gasteiger partial charge < -0.3 is 4.43 Å². The molecule has 0 aliphatic carbocycles. The van der Waals surface area contributed by atoms with Crippen molar-refractivity contribution in [2.24, 2.45) is 0 Å². The highest BCUT2D eigenvalue weighted by molar-refractivity contribution is 7.90. The summed E-state index contributed by atoms with van der Waals surface area (Å²) in [5.74, 6) is 0.000232. The lowest BCUT2D eigenvalue weighted by Gasteiger charge is -2.41. The molecular weight excluding hydrogens is 595 g/mol. The minimum absolute atomic E-state index is 0.000232. The van der Waals surface area contributed by atoms with Crippen LogP contribution in [-0.2, 0) is 14.4 Å². The van der Waals surface area contributed by atoms with Crippen molar-refractivity contribution in [3.63, 3.8) is 0 Å². The molecule has 2 atom stereocenters. The SMILES string of the molecule is Cc1ccc(S(=O)(=O)n2ccc3c(C4CCN(CCO[Si](C)(C)C(C)(C)C)C(c5cccc([N+](=O)[O-])c5)C4)ncnc32)cc1. The Balaban J connectivity index is 1.46. The molecule has 10 nitrogen and oxygen atoms in total. The number of hydrogen-bond acceptors (Lipinski definition) is 8. The number of non-ortho nitro benzene ring substituents is 1. The largest absolute Gasteiger partial charge is 0.416 e. The maximum Gasteiger partial charge on any atom is 0.269 e.